The molecule has 0 amide bonds. The molecule has 0 fully saturated rings. The van der Waals surface area contributed by atoms with Crippen molar-refractivity contribution >= 4 is 16.7 Å². The molecule has 0 radical (unpaired) electrons. The summed E-state index contributed by atoms with van der Waals surface area (Å²) in [6.45, 7) is 0. The predicted molar refractivity (Wildman–Crippen MR) is 50.8 cm³/mol. The Morgan fingerprint density at radius 3 is 2.75 bits per heavy atom. The van der Waals surface area contributed by atoms with Gasteiger partial charge in [-0.3, -0.25) is 10.1 Å². The van der Waals surface area contributed by atoms with Crippen molar-refractivity contribution in [1.82, 2.24) is 0 Å². The largest absolute Gasteiger partial charge is 0.501 e. The van der Waals surface area contributed by atoms with Gasteiger partial charge in [-0.05, 0) is 18.2 Å². The molecule has 0 spiro atoms. The summed E-state index contributed by atoms with van der Waals surface area (Å²) in [4.78, 5) is 20.5. The minimum atomic E-state index is -1.28. The minimum Gasteiger partial charge on any atom is -0.501 e. The lowest BCUT2D eigenvalue weighted by Crippen LogP contribution is -2.06. The third kappa shape index (κ3) is 1.38. The molecule has 1 N–H and O–H groups in total. The minimum absolute atomic E-state index is 0.116. The van der Waals surface area contributed by atoms with E-state index in [9.17, 15) is 24.4 Å². The van der Waals surface area contributed by atoms with Gasteiger partial charge in [0.15, 0.2) is 0 Å². The van der Waals surface area contributed by atoms with Gasteiger partial charge >= 0.3 is 11.3 Å². The SMILES string of the molecule is O=c1oc2ccc(F)cc2c(O)c1[N+](=O)[O-]. The highest BCUT2D eigenvalue weighted by Gasteiger charge is 2.24. The van der Waals surface area contributed by atoms with Gasteiger partial charge in [0.1, 0.15) is 11.4 Å². The lowest BCUT2D eigenvalue weighted by Gasteiger charge is -1.99. The van der Waals surface area contributed by atoms with E-state index in [1.165, 1.54) is 0 Å². The van der Waals surface area contributed by atoms with Crippen LogP contribution >= 0.6 is 0 Å². The zero-order valence-corrected chi connectivity index (χ0v) is 7.64. The molecule has 16 heavy (non-hydrogen) atoms. The molecule has 1 heterocycles. The first-order valence-corrected chi connectivity index (χ1v) is 4.10. The number of benzene rings is 1. The van der Waals surface area contributed by atoms with Gasteiger partial charge in [-0.15, -0.1) is 0 Å². The van der Waals surface area contributed by atoms with Crippen LogP contribution in [0.5, 0.6) is 5.75 Å². The number of hydrogen-bond donors (Lipinski definition) is 1. The molecule has 82 valence electrons. The molecule has 0 aliphatic rings. The standard InChI is InChI=1S/C9H4FNO5/c10-4-1-2-6-5(3-4)8(12)7(11(14)15)9(13)16-6/h1-3,12H. The lowest BCUT2D eigenvalue weighted by atomic mass is 10.2. The Labute approximate surface area is 86.7 Å². The van der Waals surface area contributed by atoms with Crippen molar-refractivity contribution in [3.8, 4) is 5.75 Å². The molecule has 2 rings (SSSR count). The fourth-order valence-electron chi connectivity index (χ4n) is 1.31. The van der Waals surface area contributed by atoms with Crippen LogP contribution in [0.4, 0.5) is 10.1 Å². The third-order valence-electron chi connectivity index (χ3n) is 2.00. The Hall–Kier alpha value is -2.44. The van der Waals surface area contributed by atoms with Crippen molar-refractivity contribution < 1.29 is 18.8 Å². The first kappa shape index (κ1) is 10.1. The summed E-state index contributed by atoms with van der Waals surface area (Å²) in [6.07, 6.45) is 0. The summed E-state index contributed by atoms with van der Waals surface area (Å²) in [5.41, 5.74) is -2.49. The quantitative estimate of drug-likeness (QED) is 0.451. The lowest BCUT2D eigenvalue weighted by molar-refractivity contribution is -0.388. The van der Waals surface area contributed by atoms with E-state index < -0.39 is 27.8 Å². The highest BCUT2D eigenvalue weighted by Crippen LogP contribution is 2.31. The van der Waals surface area contributed by atoms with Crippen LogP contribution in [-0.4, -0.2) is 10.0 Å². The number of hydrogen-bond acceptors (Lipinski definition) is 5. The van der Waals surface area contributed by atoms with E-state index in [-0.39, 0.29) is 11.0 Å². The number of fused-ring (bicyclic) bond motifs is 1. The van der Waals surface area contributed by atoms with Crippen LogP contribution in [0.3, 0.4) is 0 Å². The summed E-state index contributed by atoms with van der Waals surface area (Å²) in [6, 6.07) is 2.96. The summed E-state index contributed by atoms with van der Waals surface area (Å²) in [7, 11) is 0. The van der Waals surface area contributed by atoms with E-state index in [1.807, 2.05) is 0 Å². The number of aromatic hydroxyl groups is 1. The molecule has 0 saturated carbocycles. The number of nitro groups is 1. The second kappa shape index (κ2) is 3.30. The van der Waals surface area contributed by atoms with Crippen LogP contribution in [0.2, 0.25) is 0 Å². The molecule has 0 bridgehead atoms. The Morgan fingerprint density at radius 2 is 2.12 bits per heavy atom. The van der Waals surface area contributed by atoms with Crippen molar-refractivity contribution in [3.05, 3.63) is 44.6 Å². The first-order chi connectivity index (χ1) is 7.50. The molecule has 2 aromatic rings. The van der Waals surface area contributed by atoms with E-state index in [0.717, 1.165) is 18.2 Å². The van der Waals surface area contributed by atoms with Gasteiger partial charge in [-0.25, -0.2) is 9.18 Å². The van der Waals surface area contributed by atoms with Crippen LogP contribution in [0.1, 0.15) is 0 Å². The number of halogens is 1. The van der Waals surface area contributed by atoms with Gasteiger partial charge in [0.25, 0.3) is 0 Å². The molecule has 0 aliphatic carbocycles. The maximum Gasteiger partial charge on any atom is 0.419 e. The second-order valence-electron chi connectivity index (χ2n) is 2.98. The van der Waals surface area contributed by atoms with Crippen LogP contribution < -0.4 is 5.63 Å². The summed E-state index contributed by atoms with van der Waals surface area (Å²) in [5, 5.41) is 19.7. The number of nitrogens with zero attached hydrogens (tertiary/aromatic N) is 1. The monoisotopic (exact) mass is 225 g/mol. The molecule has 1 aromatic heterocycles. The van der Waals surface area contributed by atoms with Crippen LogP contribution in [-0.2, 0) is 0 Å². The van der Waals surface area contributed by atoms with Gasteiger partial charge in [-0.1, -0.05) is 0 Å². The van der Waals surface area contributed by atoms with Crippen molar-refractivity contribution in [2.24, 2.45) is 0 Å². The fraction of sp³-hybridized carbons (Fsp3) is 0. The molecular weight excluding hydrogens is 221 g/mol. The molecule has 0 saturated heterocycles. The maximum atomic E-state index is 12.8. The Bertz CT molecular complexity index is 648. The second-order valence-corrected chi connectivity index (χ2v) is 2.98. The zero-order chi connectivity index (χ0) is 11.9. The van der Waals surface area contributed by atoms with E-state index in [1.54, 1.807) is 0 Å². The van der Waals surface area contributed by atoms with E-state index in [0.29, 0.717) is 0 Å². The average Bonchev–Trinajstić information content (AvgIpc) is 2.19. The third-order valence-corrected chi connectivity index (χ3v) is 2.00. The van der Waals surface area contributed by atoms with Crippen molar-refractivity contribution in [1.29, 1.82) is 0 Å². The highest BCUT2D eigenvalue weighted by atomic mass is 19.1. The van der Waals surface area contributed by atoms with Gasteiger partial charge in [-0.2, -0.15) is 0 Å². The van der Waals surface area contributed by atoms with E-state index in [4.69, 9.17) is 0 Å². The summed E-state index contributed by atoms with van der Waals surface area (Å²) >= 11 is 0. The Kier molecular flexibility index (Phi) is 2.08. The van der Waals surface area contributed by atoms with Crippen LogP contribution in [0.25, 0.3) is 11.0 Å². The predicted octanol–water partition coefficient (Wildman–Crippen LogP) is 1.55. The first-order valence-electron chi connectivity index (χ1n) is 4.10. The topological polar surface area (TPSA) is 93.6 Å². The maximum absolute atomic E-state index is 12.8. The molecule has 6 nitrogen and oxygen atoms in total. The van der Waals surface area contributed by atoms with Gasteiger partial charge < -0.3 is 9.52 Å². The summed E-state index contributed by atoms with van der Waals surface area (Å²) in [5.74, 6) is -1.60. The molecule has 1 aromatic carbocycles. The Morgan fingerprint density at radius 1 is 1.44 bits per heavy atom. The van der Waals surface area contributed by atoms with Crippen molar-refractivity contribution in [2.75, 3.05) is 0 Å². The smallest absolute Gasteiger partial charge is 0.419 e. The summed E-state index contributed by atoms with van der Waals surface area (Å²) < 4.78 is 17.4. The normalized spacial score (nSPS) is 10.6. The van der Waals surface area contributed by atoms with Crippen LogP contribution in [0.15, 0.2) is 27.4 Å². The Balaban J connectivity index is 2.96. The molecule has 0 aliphatic heterocycles. The fourth-order valence-corrected chi connectivity index (χ4v) is 1.31. The van der Waals surface area contributed by atoms with Gasteiger partial charge in [0, 0.05) is 0 Å². The van der Waals surface area contributed by atoms with E-state index in [2.05, 4.69) is 4.42 Å². The van der Waals surface area contributed by atoms with E-state index >= 15 is 0 Å². The highest BCUT2D eigenvalue weighted by molar-refractivity contribution is 5.86. The average molecular weight is 225 g/mol. The molecule has 0 atom stereocenters. The van der Waals surface area contributed by atoms with Gasteiger partial charge in [0.05, 0.1) is 10.3 Å². The number of rotatable bonds is 1. The van der Waals surface area contributed by atoms with Crippen molar-refractivity contribution in [3.63, 3.8) is 0 Å². The molecule has 7 heteroatoms. The zero-order valence-electron chi connectivity index (χ0n) is 7.64. The molecule has 0 unspecified atom stereocenters. The van der Waals surface area contributed by atoms with Crippen LogP contribution in [0, 0.1) is 15.9 Å². The van der Waals surface area contributed by atoms with Crippen molar-refractivity contribution in [2.45, 2.75) is 0 Å². The van der Waals surface area contributed by atoms with Gasteiger partial charge in [0.2, 0.25) is 5.75 Å². The molecular formula is C9H4FNO5.